The number of carbonyl (C=O) groups excluding carboxylic acids is 1. The maximum absolute atomic E-state index is 12.9. The molecule has 1 amide bonds. The SMILES string of the molecule is Cl.O=C(O)CNC(=O)c1cc(NC2=NCCN2)cc(C(F)(F)F)c1. The third-order valence-corrected chi connectivity index (χ3v) is 2.86. The number of alkyl halides is 3. The monoisotopic (exact) mass is 366 g/mol. The van der Waals surface area contributed by atoms with Crippen LogP contribution in [0.25, 0.3) is 0 Å². The summed E-state index contributed by atoms with van der Waals surface area (Å²) in [6.45, 7) is 0.368. The molecule has 1 aliphatic heterocycles. The Kier molecular flexibility index (Phi) is 6.41. The van der Waals surface area contributed by atoms with Crippen molar-refractivity contribution in [2.24, 2.45) is 4.99 Å². The minimum absolute atomic E-state index is 0. The molecule has 11 heteroatoms. The highest BCUT2D eigenvalue weighted by molar-refractivity contribution is 5.99. The van der Waals surface area contributed by atoms with Crippen LogP contribution in [0.5, 0.6) is 0 Å². The topological polar surface area (TPSA) is 103 Å². The van der Waals surface area contributed by atoms with E-state index in [2.05, 4.69) is 15.6 Å². The number of amides is 1. The van der Waals surface area contributed by atoms with Gasteiger partial charge in [0.05, 0.1) is 12.1 Å². The number of aliphatic carboxylic acids is 1. The molecular formula is C13H14ClF3N4O3. The van der Waals surface area contributed by atoms with Gasteiger partial charge in [0.15, 0.2) is 5.96 Å². The molecule has 0 saturated heterocycles. The smallest absolute Gasteiger partial charge is 0.416 e. The second-order valence-corrected chi connectivity index (χ2v) is 4.66. The maximum Gasteiger partial charge on any atom is 0.416 e. The van der Waals surface area contributed by atoms with Crippen LogP contribution < -0.4 is 16.0 Å². The number of benzene rings is 1. The van der Waals surface area contributed by atoms with Gasteiger partial charge in [-0.25, -0.2) is 0 Å². The van der Waals surface area contributed by atoms with Crippen molar-refractivity contribution < 1.29 is 27.9 Å². The van der Waals surface area contributed by atoms with Gasteiger partial charge < -0.3 is 21.1 Å². The van der Waals surface area contributed by atoms with E-state index in [0.29, 0.717) is 25.1 Å². The van der Waals surface area contributed by atoms with Crippen LogP contribution in [0.4, 0.5) is 18.9 Å². The van der Waals surface area contributed by atoms with Gasteiger partial charge in [-0.2, -0.15) is 13.2 Å². The number of nitrogens with one attached hydrogen (secondary N) is 3. The van der Waals surface area contributed by atoms with Crippen LogP contribution in [-0.2, 0) is 11.0 Å². The molecule has 7 nitrogen and oxygen atoms in total. The summed E-state index contributed by atoms with van der Waals surface area (Å²) in [5, 5.41) is 16.0. The van der Waals surface area contributed by atoms with Crippen LogP contribution in [0.2, 0.25) is 0 Å². The number of rotatable bonds is 4. The van der Waals surface area contributed by atoms with Crippen molar-refractivity contribution in [1.29, 1.82) is 0 Å². The summed E-state index contributed by atoms with van der Waals surface area (Å²) >= 11 is 0. The van der Waals surface area contributed by atoms with E-state index in [0.717, 1.165) is 6.07 Å². The van der Waals surface area contributed by atoms with E-state index in [1.165, 1.54) is 6.07 Å². The molecule has 0 atom stereocenters. The van der Waals surface area contributed by atoms with Crippen molar-refractivity contribution in [2.75, 3.05) is 25.0 Å². The summed E-state index contributed by atoms with van der Waals surface area (Å²) < 4.78 is 38.8. The van der Waals surface area contributed by atoms with Crippen molar-refractivity contribution in [2.45, 2.75) is 6.18 Å². The molecule has 0 radical (unpaired) electrons. The summed E-state index contributed by atoms with van der Waals surface area (Å²) in [6, 6.07) is 2.69. The molecule has 0 unspecified atom stereocenters. The molecule has 24 heavy (non-hydrogen) atoms. The normalized spacial score (nSPS) is 13.4. The first-order valence-electron chi connectivity index (χ1n) is 6.53. The zero-order valence-electron chi connectivity index (χ0n) is 12.1. The number of hydrogen-bond donors (Lipinski definition) is 4. The number of nitrogens with zero attached hydrogens (tertiary/aromatic N) is 1. The van der Waals surface area contributed by atoms with Crippen molar-refractivity contribution in [1.82, 2.24) is 10.6 Å². The molecule has 0 spiro atoms. The lowest BCUT2D eigenvalue weighted by atomic mass is 10.1. The second-order valence-electron chi connectivity index (χ2n) is 4.66. The van der Waals surface area contributed by atoms with Gasteiger partial charge in [0.1, 0.15) is 6.54 Å². The van der Waals surface area contributed by atoms with Crippen LogP contribution >= 0.6 is 12.4 Å². The Balaban J connectivity index is 0.00000288. The van der Waals surface area contributed by atoms with E-state index in [4.69, 9.17) is 5.11 Å². The first kappa shape index (κ1) is 19.6. The lowest BCUT2D eigenvalue weighted by molar-refractivity contribution is -0.138. The number of anilines is 1. The number of aliphatic imine (C=N–C) groups is 1. The molecule has 1 aromatic carbocycles. The zero-order valence-corrected chi connectivity index (χ0v) is 12.9. The molecule has 1 aromatic rings. The van der Waals surface area contributed by atoms with Crippen LogP contribution in [0.15, 0.2) is 23.2 Å². The minimum Gasteiger partial charge on any atom is -0.480 e. The largest absolute Gasteiger partial charge is 0.480 e. The van der Waals surface area contributed by atoms with Gasteiger partial charge in [0.25, 0.3) is 5.91 Å². The highest BCUT2D eigenvalue weighted by Crippen LogP contribution is 2.32. The summed E-state index contributed by atoms with van der Waals surface area (Å²) in [5.41, 5.74) is -1.31. The predicted molar refractivity (Wildman–Crippen MR) is 82.6 cm³/mol. The number of halogens is 4. The molecule has 2 rings (SSSR count). The first-order chi connectivity index (χ1) is 10.8. The Hall–Kier alpha value is -2.49. The van der Waals surface area contributed by atoms with Gasteiger partial charge in [-0.15, -0.1) is 12.4 Å². The van der Waals surface area contributed by atoms with Gasteiger partial charge in [0, 0.05) is 17.8 Å². The molecule has 0 aliphatic carbocycles. The second kappa shape index (κ2) is 7.86. The van der Waals surface area contributed by atoms with Crippen LogP contribution in [0.3, 0.4) is 0 Å². The Morgan fingerprint density at radius 3 is 2.54 bits per heavy atom. The van der Waals surface area contributed by atoms with Crippen molar-refractivity contribution in [3.63, 3.8) is 0 Å². The quantitative estimate of drug-likeness (QED) is 0.643. The number of carboxylic acids is 1. The maximum atomic E-state index is 12.9. The Labute approximate surface area is 140 Å². The van der Waals surface area contributed by atoms with Gasteiger partial charge in [-0.05, 0) is 18.2 Å². The van der Waals surface area contributed by atoms with E-state index in [1.54, 1.807) is 0 Å². The number of carbonyl (C=O) groups is 2. The van der Waals surface area contributed by atoms with E-state index in [9.17, 15) is 22.8 Å². The molecule has 1 heterocycles. The average molecular weight is 367 g/mol. The molecule has 0 bridgehead atoms. The van der Waals surface area contributed by atoms with Crippen molar-refractivity contribution in [3.8, 4) is 0 Å². The van der Waals surface area contributed by atoms with Crippen molar-refractivity contribution >= 4 is 35.9 Å². The van der Waals surface area contributed by atoms with Crippen LogP contribution in [0, 0.1) is 0 Å². The minimum atomic E-state index is -4.65. The fraction of sp³-hybridized carbons (Fsp3) is 0.308. The molecule has 132 valence electrons. The third-order valence-electron chi connectivity index (χ3n) is 2.86. The Morgan fingerprint density at radius 2 is 2.00 bits per heavy atom. The van der Waals surface area contributed by atoms with Gasteiger partial charge >= 0.3 is 12.1 Å². The van der Waals surface area contributed by atoms with Crippen molar-refractivity contribution in [3.05, 3.63) is 29.3 Å². The van der Waals surface area contributed by atoms with E-state index < -0.39 is 30.2 Å². The Bertz CT molecular complexity index is 664. The molecule has 0 fully saturated rings. The van der Waals surface area contributed by atoms with Gasteiger partial charge in [0.2, 0.25) is 0 Å². The van der Waals surface area contributed by atoms with E-state index >= 15 is 0 Å². The van der Waals surface area contributed by atoms with E-state index in [1.807, 2.05) is 5.32 Å². The predicted octanol–water partition coefficient (Wildman–Crippen LogP) is 1.31. The summed E-state index contributed by atoms with van der Waals surface area (Å²) in [6.07, 6.45) is -4.65. The first-order valence-corrected chi connectivity index (χ1v) is 6.53. The number of carboxylic acid groups (broad SMARTS) is 1. The highest BCUT2D eigenvalue weighted by atomic mass is 35.5. The third kappa shape index (κ3) is 5.30. The molecule has 0 aromatic heterocycles. The molecule has 1 aliphatic rings. The fourth-order valence-electron chi connectivity index (χ4n) is 1.87. The fourth-order valence-corrected chi connectivity index (χ4v) is 1.87. The standard InChI is InChI=1S/C13H13F3N4O3.ClH/c14-13(15,16)8-3-7(11(23)19-6-10(21)22)4-9(5-8)20-12-17-1-2-18-12;/h3-5H,1-2,6H2,(H,19,23)(H,21,22)(H2,17,18,20);1H. The summed E-state index contributed by atoms with van der Waals surface area (Å²) in [7, 11) is 0. The lowest BCUT2D eigenvalue weighted by Crippen LogP contribution is -2.30. The average Bonchev–Trinajstić information content (AvgIpc) is 2.96. The highest BCUT2D eigenvalue weighted by Gasteiger charge is 2.32. The summed E-state index contributed by atoms with van der Waals surface area (Å²) in [4.78, 5) is 26.2. The molecule has 4 N–H and O–H groups in total. The molecule has 0 saturated carbocycles. The summed E-state index contributed by atoms with van der Waals surface area (Å²) in [5.74, 6) is -1.91. The zero-order chi connectivity index (χ0) is 17.0. The van der Waals surface area contributed by atoms with Crippen LogP contribution in [-0.4, -0.2) is 42.6 Å². The molecular weight excluding hydrogens is 353 g/mol. The van der Waals surface area contributed by atoms with Gasteiger partial charge in [-0.3, -0.25) is 14.6 Å². The Morgan fingerprint density at radius 1 is 1.29 bits per heavy atom. The van der Waals surface area contributed by atoms with E-state index in [-0.39, 0.29) is 23.7 Å². The van der Waals surface area contributed by atoms with Crippen LogP contribution in [0.1, 0.15) is 15.9 Å². The lowest BCUT2D eigenvalue weighted by Gasteiger charge is -2.13. The number of guanidine groups is 1. The number of hydrogen-bond acceptors (Lipinski definition) is 5. The van der Waals surface area contributed by atoms with Gasteiger partial charge in [-0.1, -0.05) is 0 Å².